The molecule has 0 bridgehead atoms. The van der Waals surface area contributed by atoms with E-state index in [9.17, 15) is 0 Å². The average molecular weight is 256 g/mol. The van der Waals surface area contributed by atoms with Gasteiger partial charge in [-0.2, -0.15) is 0 Å². The Morgan fingerprint density at radius 2 is 2.11 bits per heavy atom. The normalized spacial score (nSPS) is 11.3. The van der Waals surface area contributed by atoms with Crippen LogP contribution >= 0.6 is 0 Å². The van der Waals surface area contributed by atoms with Gasteiger partial charge in [0.1, 0.15) is 12.4 Å². The van der Waals surface area contributed by atoms with E-state index in [0.29, 0.717) is 12.5 Å². The minimum Gasteiger partial charge on any atom is -0.489 e. The van der Waals surface area contributed by atoms with Crippen LogP contribution in [0.25, 0.3) is 0 Å². The van der Waals surface area contributed by atoms with Crippen molar-refractivity contribution in [3.8, 4) is 5.75 Å². The van der Waals surface area contributed by atoms with E-state index in [1.165, 1.54) is 5.56 Å². The van der Waals surface area contributed by atoms with Crippen LogP contribution in [0.4, 0.5) is 0 Å². The molecule has 1 heterocycles. The zero-order chi connectivity index (χ0) is 13.5. The van der Waals surface area contributed by atoms with E-state index in [1.807, 2.05) is 29.0 Å². The van der Waals surface area contributed by atoms with E-state index in [2.05, 4.69) is 37.0 Å². The molecule has 0 fully saturated rings. The minimum atomic E-state index is 0.478. The number of nitrogens with zero attached hydrogens (tertiary/aromatic N) is 2. The van der Waals surface area contributed by atoms with Crippen LogP contribution in [0.2, 0.25) is 0 Å². The van der Waals surface area contributed by atoms with E-state index in [0.717, 1.165) is 12.3 Å². The predicted molar refractivity (Wildman–Crippen MR) is 77.4 cm³/mol. The molecule has 0 radical (unpaired) electrons. The van der Waals surface area contributed by atoms with Crippen LogP contribution in [-0.2, 0) is 6.54 Å². The second-order valence-corrected chi connectivity index (χ2v) is 4.73. The molecule has 0 N–H and O–H groups in total. The molecule has 0 unspecified atom stereocenters. The molecule has 19 heavy (non-hydrogen) atoms. The Hall–Kier alpha value is -2.03. The first-order valence-electron chi connectivity index (χ1n) is 6.60. The van der Waals surface area contributed by atoms with Crippen molar-refractivity contribution in [1.82, 2.24) is 9.55 Å². The second-order valence-electron chi connectivity index (χ2n) is 4.73. The zero-order valence-electron chi connectivity index (χ0n) is 11.5. The fraction of sp³-hybridized carbons (Fsp3) is 0.312. The lowest BCUT2D eigenvalue weighted by atomic mass is 10.0. The predicted octanol–water partition coefficient (Wildman–Crippen LogP) is 3.64. The Balaban J connectivity index is 1.84. The van der Waals surface area contributed by atoms with Crippen molar-refractivity contribution in [3.63, 3.8) is 0 Å². The van der Waals surface area contributed by atoms with Gasteiger partial charge in [0, 0.05) is 18.9 Å². The molecule has 3 heteroatoms. The molecule has 3 nitrogen and oxygen atoms in total. The Labute approximate surface area is 114 Å². The number of para-hydroxylation sites is 1. The van der Waals surface area contributed by atoms with Gasteiger partial charge in [0.05, 0.1) is 6.33 Å². The first-order chi connectivity index (χ1) is 9.27. The highest BCUT2D eigenvalue weighted by Crippen LogP contribution is 2.25. The van der Waals surface area contributed by atoms with Gasteiger partial charge in [-0.3, -0.25) is 0 Å². The number of benzene rings is 1. The highest BCUT2D eigenvalue weighted by molar-refractivity contribution is 5.35. The Kier molecular flexibility index (Phi) is 4.78. The summed E-state index contributed by atoms with van der Waals surface area (Å²) in [7, 11) is 0. The first-order valence-corrected chi connectivity index (χ1v) is 6.60. The number of imidazole rings is 1. The number of aromatic nitrogens is 2. The van der Waals surface area contributed by atoms with Crippen molar-refractivity contribution in [3.05, 3.63) is 60.7 Å². The Bertz CT molecular complexity index is 515. The fourth-order valence-corrected chi connectivity index (χ4v) is 1.89. The molecule has 0 spiro atoms. The van der Waals surface area contributed by atoms with E-state index >= 15 is 0 Å². The molecule has 0 amide bonds. The maximum atomic E-state index is 5.81. The molecular weight excluding hydrogens is 236 g/mol. The van der Waals surface area contributed by atoms with Gasteiger partial charge in [-0.25, -0.2) is 4.98 Å². The highest BCUT2D eigenvalue weighted by Gasteiger charge is 2.05. The molecule has 2 rings (SSSR count). The lowest BCUT2D eigenvalue weighted by molar-refractivity contribution is 0.356. The van der Waals surface area contributed by atoms with Gasteiger partial charge in [0.25, 0.3) is 0 Å². The molecule has 0 aliphatic carbocycles. The summed E-state index contributed by atoms with van der Waals surface area (Å²) in [5.41, 5.74) is 1.26. The van der Waals surface area contributed by atoms with Gasteiger partial charge < -0.3 is 9.30 Å². The summed E-state index contributed by atoms with van der Waals surface area (Å²) >= 11 is 0. The average Bonchev–Trinajstić information content (AvgIpc) is 2.92. The van der Waals surface area contributed by atoms with Crippen LogP contribution in [0.5, 0.6) is 5.75 Å². The quantitative estimate of drug-likeness (QED) is 0.738. The summed E-state index contributed by atoms with van der Waals surface area (Å²) in [4.78, 5) is 4.00. The molecule has 0 saturated carbocycles. The minimum absolute atomic E-state index is 0.478. The maximum Gasteiger partial charge on any atom is 0.123 e. The summed E-state index contributed by atoms with van der Waals surface area (Å²) < 4.78 is 7.82. The lowest BCUT2D eigenvalue weighted by Gasteiger charge is -2.12. The fourth-order valence-electron chi connectivity index (χ4n) is 1.89. The number of allylic oxidation sites excluding steroid dienone is 1. The summed E-state index contributed by atoms with van der Waals surface area (Å²) in [6.45, 7) is 5.78. The van der Waals surface area contributed by atoms with E-state index in [4.69, 9.17) is 4.74 Å². The van der Waals surface area contributed by atoms with Crippen molar-refractivity contribution >= 4 is 0 Å². The third-order valence-corrected chi connectivity index (χ3v) is 2.92. The molecule has 1 aromatic heterocycles. The van der Waals surface area contributed by atoms with Crippen LogP contribution in [0.15, 0.2) is 55.1 Å². The molecule has 1 aromatic carbocycles. The van der Waals surface area contributed by atoms with E-state index < -0.39 is 0 Å². The molecule has 0 atom stereocenters. The summed E-state index contributed by atoms with van der Waals surface area (Å²) in [5.74, 6) is 1.45. The zero-order valence-corrected chi connectivity index (χ0v) is 11.5. The van der Waals surface area contributed by atoms with Gasteiger partial charge >= 0.3 is 0 Å². The SMILES string of the molecule is CC(C)c1ccccc1OC/C=C/Cn1ccnc1. The van der Waals surface area contributed by atoms with Crippen molar-refractivity contribution in [2.24, 2.45) is 0 Å². The largest absolute Gasteiger partial charge is 0.489 e. The van der Waals surface area contributed by atoms with Crippen molar-refractivity contribution in [2.75, 3.05) is 6.61 Å². The van der Waals surface area contributed by atoms with Crippen LogP contribution in [-0.4, -0.2) is 16.2 Å². The number of hydrogen-bond donors (Lipinski definition) is 0. The maximum absolute atomic E-state index is 5.81. The molecule has 100 valence electrons. The van der Waals surface area contributed by atoms with Gasteiger partial charge in [0.2, 0.25) is 0 Å². The Morgan fingerprint density at radius 3 is 2.84 bits per heavy atom. The summed E-state index contributed by atoms with van der Waals surface area (Å²) in [5, 5.41) is 0. The Morgan fingerprint density at radius 1 is 1.26 bits per heavy atom. The van der Waals surface area contributed by atoms with Gasteiger partial charge in [0.15, 0.2) is 0 Å². The van der Waals surface area contributed by atoms with Crippen molar-refractivity contribution in [1.29, 1.82) is 0 Å². The number of rotatable bonds is 6. The third kappa shape index (κ3) is 3.98. The topological polar surface area (TPSA) is 27.1 Å². The van der Waals surface area contributed by atoms with E-state index in [1.54, 1.807) is 12.5 Å². The van der Waals surface area contributed by atoms with E-state index in [-0.39, 0.29) is 0 Å². The van der Waals surface area contributed by atoms with Gasteiger partial charge in [-0.05, 0) is 23.6 Å². The van der Waals surface area contributed by atoms with Gasteiger partial charge in [-0.15, -0.1) is 0 Å². The molecule has 0 saturated heterocycles. The van der Waals surface area contributed by atoms with Crippen LogP contribution in [0, 0.1) is 0 Å². The standard InChI is InChI=1S/C16H20N2O/c1-14(2)15-7-3-4-8-16(15)19-12-6-5-10-18-11-9-17-13-18/h3-9,11,13-14H,10,12H2,1-2H3/b6-5+. The third-order valence-electron chi connectivity index (χ3n) is 2.92. The smallest absolute Gasteiger partial charge is 0.123 e. The summed E-state index contributed by atoms with van der Waals surface area (Å²) in [6.07, 6.45) is 9.65. The van der Waals surface area contributed by atoms with Crippen LogP contribution in [0.3, 0.4) is 0 Å². The second kappa shape index (κ2) is 6.78. The molecular formula is C16H20N2O. The molecule has 0 aliphatic heterocycles. The van der Waals surface area contributed by atoms with Gasteiger partial charge in [-0.1, -0.05) is 38.1 Å². The monoisotopic (exact) mass is 256 g/mol. The number of hydrogen-bond acceptors (Lipinski definition) is 2. The van der Waals surface area contributed by atoms with Crippen LogP contribution in [0.1, 0.15) is 25.3 Å². The van der Waals surface area contributed by atoms with Crippen molar-refractivity contribution in [2.45, 2.75) is 26.3 Å². The van der Waals surface area contributed by atoms with Crippen LogP contribution < -0.4 is 4.74 Å². The highest BCUT2D eigenvalue weighted by atomic mass is 16.5. The lowest BCUT2D eigenvalue weighted by Crippen LogP contribution is -1.99. The summed E-state index contributed by atoms with van der Waals surface area (Å²) in [6, 6.07) is 8.21. The molecule has 2 aromatic rings. The van der Waals surface area contributed by atoms with Crippen molar-refractivity contribution < 1.29 is 4.74 Å². The molecule has 0 aliphatic rings. The first kappa shape index (κ1) is 13.4. The number of ether oxygens (including phenoxy) is 1.